The van der Waals surface area contributed by atoms with Crippen LogP contribution >= 0.6 is 17.0 Å². The van der Waals surface area contributed by atoms with Gasteiger partial charge in [-0.05, 0) is 0 Å². The summed E-state index contributed by atoms with van der Waals surface area (Å²) in [7, 11) is 0. The van der Waals surface area contributed by atoms with Crippen LogP contribution in [0.2, 0.25) is 0 Å². The van der Waals surface area contributed by atoms with E-state index >= 15 is 0 Å². The third-order valence-corrected chi connectivity index (χ3v) is 0. The monoisotopic (exact) mass is 252 g/mol. The molecule has 0 unspecified atom stereocenters. The van der Waals surface area contributed by atoms with Gasteiger partial charge in [-0.1, -0.05) is 0 Å². The Morgan fingerprint density at radius 3 is 1.14 bits per heavy atom. The molecule has 4 heteroatoms. The number of hydrogen-bond donors (Lipinski definition) is 0. The second-order valence-electron chi connectivity index (χ2n) is 0. The van der Waals surface area contributed by atoms with E-state index in [1.165, 1.54) is 0 Å². The van der Waals surface area contributed by atoms with Gasteiger partial charge in [0.2, 0.25) is 0 Å². The van der Waals surface area contributed by atoms with Crippen LogP contribution in [-0.4, -0.2) is 6.26 Å². The molecule has 0 nitrogen and oxygen atoms in total. The summed E-state index contributed by atoms with van der Waals surface area (Å²) >= 11 is 4.08. The van der Waals surface area contributed by atoms with Gasteiger partial charge in [0.05, 0.1) is 0 Å². The van der Waals surface area contributed by atoms with E-state index in [1.54, 1.807) is 13.2 Å². The SMILES string of the molecule is Br.C[S-].[CH2-]C.[Cu].[SH-]. The molecule has 0 fully saturated rings. The molecule has 0 atom stereocenters. The fourth-order valence-corrected chi connectivity index (χ4v) is 0. The number of thiol groups is 1. The van der Waals surface area contributed by atoms with Crippen LogP contribution in [-0.2, 0) is 43.2 Å². The molecule has 0 saturated carbocycles. The van der Waals surface area contributed by atoms with Crippen LogP contribution in [0.25, 0.3) is 0 Å². The summed E-state index contributed by atoms with van der Waals surface area (Å²) in [6.45, 7) is 5.00. The molecule has 0 aromatic rings. The molecule has 0 rings (SSSR count). The largest absolute Gasteiger partial charge is 0.813 e. The van der Waals surface area contributed by atoms with E-state index in [0.29, 0.717) is 0 Å². The van der Waals surface area contributed by atoms with Gasteiger partial charge < -0.3 is 33.0 Å². The first-order chi connectivity index (χ1) is 2.00. The van der Waals surface area contributed by atoms with Gasteiger partial charge in [-0.3, -0.25) is 0 Å². The van der Waals surface area contributed by atoms with Gasteiger partial charge >= 0.3 is 0 Å². The van der Waals surface area contributed by atoms with Crippen molar-refractivity contribution in [1.29, 1.82) is 0 Å². The first kappa shape index (κ1) is 37.7. The Hall–Kier alpha value is 1.70. The maximum Gasteiger partial charge on any atom is 0 e. The molecule has 0 bridgehead atoms. The molecule has 0 spiro atoms. The van der Waals surface area contributed by atoms with E-state index in [9.17, 15) is 0 Å². The fraction of sp³-hybridized carbons (Fsp3) is 0.667. The van der Waals surface area contributed by atoms with Crippen molar-refractivity contribution in [1.82, 2.24) is 0 Å². The van der Waals surface area contributed by atoms with E-state index in [-0.39, 0.29) is 47.5 Å². The molecule has 0 saturated heterocycles. The number of halogens is 1. The maximum atomic E-state index is 4.08. The minimum absolute atomic E-state index is 0. The van der Waals surface area contributed by atoms with Gasteiger partial charge in [0.15, 0.2) is 0 Å². The normalized spacial score (nSPS) is 1.71. The van der Waals surface area contributed by atoms with Crippen LogP contribution in [0.4, 0.5) is 0 Å². The van der Waals surface area contributed by atoms with Crippen molar-refractivity contribution in [3.63, 3.8) is 0 Å². The summed E-state index contributed by atoms with van der Waals surface area (Å²) in [4.78, 5) is 0. The van der Waals surface area contributed by atoms with Crippen molar-refractivity contribution in [2.45, 2.75) is 6.92 Å². The van der Waals surface area contributed by atoms with Crippen LogP contribution in [0.1, 0.15) is 6.92 Å². The van der Waals surface area contributed by atoms with Crippen molar-refractivity contribution in [3.8, 4) is 0 Å². The zero-order chi connectivity index (χ0) is 4.00. The Balaban J connectivity index is -0.00000000267. The van der Waals surface area contributed by atoms with Gasteiger partial charge in [0.1, 0.15) is 0 Å². The molecule has 0 aromatic heterocycles. The van der Waals surface area contributed by atoms with E-state index in [0.717, 1.165) is 0 Å². The summed E-state index contributed by atoms with van der Waals surface area (Å²) in [5, 5.41) is 0. The van der Waals surface area contributed by atoms with Crippen LogP contribution < -0.4 is 0 Å². The number of hydrogen-bond acceptors (Lipinski definition) is 2. The first-order valence-electron chi connectivity index (χ1n) is 1.12. The van der Waals surface area contributed by atoms with E-state index in [4.69, 9.17) is 0 Å². The summed E-state index contributed by atoms with van der Waals surface area (Å²) in [5.41, 5.74) is 0. The molecule has 7 heavy (non-hydrogen) atoms. The molecule has 0 aromatic carbocycles. The van der Waals surface area contributed by atoms with Gasteiger partial charge in [0.25, 0.3) is 0 Å². The molecule has 0 aliphatic heterocycles. The third-order valence-electron chi connectivity index (χ3n) is 0. The first-order valence-corrected chi connectivity index (χ1v) is 1.93. The molecule has 0 amide bonds. The van der Waals surface area contributed by atoms with Gasteiger partial charge in [-0.25, -0.2) is 0 Å². The predicted molar refractivity (Wildman–Crippen MR) is 43.4 cm³/mol. The van der Waals surface area contributed by atoms with Gasteiger partial charge in [-0.2, -0.15) is 13.2 Å². The molecule has 0 N–H and O–H groups in total. The second kappa shape index (κ2) is 120. The maximum absolute atomic E-state index is 4.08. The van der Waals surface area contributed by atoms with E-state index < -0.39 is 0 Å². The molecule has 1 radical (unpaired) electrons. The van der Waals surface area contributed by atoms with E-state index in [2.05, 4.69) is 19.6 Å². The summed E-state index contributed by atoms with van der Waals surface area (Å²) < 4.78 is 0. The van der Waals surface area contributed by atoms with Crippen molar-refractivity contribution < 1.29 is 17.1 Å². The molecular formula is C3H10BrCuS2-3. The van der Waals surface area contributed by atoms with E-state index in [1.807, 2.05) is 0 Å². The number of rotatable bonds is 0. The smallest absolute Gasteiger partial charge is 0 e. The van der Waals surface area contributed by atoms with Gasteiger partial charge in [0, 0.05) is 17.1 Å². The summed E-state index contributed by atoms with van der Waals surface area (Å²) in [6.07, 6.45) is 1.58. The zero-order valence-corrected chi connectivity index (χ0v) is 8.64. The van der Waals surface area contributed by atoms with Crippen LogP contribution in [0, 0.1) is 6.92 Å². The minimum Gasteiger partial charge on any atom is -0.813 e. The average molecular weight is 254 g/mol. The van der Waals surface area contributed by atoms with Crippen LogP contribution in [0.3, 0.4) is 0 Å². The quantitative estimate of drug-likeness (QED) is 0.276. The Kier molecular flexibility index (Phi) is 644. The average Bonchev–Trinajstić information content (AvgIpc) is 1.50. The summed E-state index contributed by atoms with van der Waals surface area (Å²) in [6, 6.07) is 0. The zero-order valence-electron chi connectivity index (χ0n) is 4.27. The standard InChI is InChI=1S/C2H5.CH4S.BrH.Cu.H2S/c2*1-2;;;/h1H2,2H3;2H,1H3;1H;;1H2/q-1;;;;/p-2. The van der Waals surface area contributed by atoms with Gasteiger partial charge in [-0.15, -0.1) is 17.0 Å². The third kappa shape index (κ3) is 86.6. The van der Waals surface area contributed by atoms with Crippen molar-refractivity contribution >= 4 is 43.1 Å². The molecule has 0 aliphatic rings. The van der Waals surface area contributed by atoms with Crippen LogP contribution in [0.15, 0.2) is 0 Å². The molecular weight excluding hydrogens is 244 g/mol. The summed E-state index contributed by atoms with van der Waals surface area (Å²) in [5.74, 6) is 0. The predicted octanol–water partition coefficient (Wildman–Crippen LogP) is 1.31. The van der Waals surface area contributed by atoms with Crippen LogP contribution in [0.5, 0.6) is 0 Å². The molecule has 0 heterocycles. The van der Waals surface area contributed by atoms with Crippen molar-refractivity contribution in [3.05, 3.63) is 6.92 Å². The topological polar surface area (TPSA) is 0 Å². The minimum atomic E-state index is 0. The van der Waals surface area contributed by atoms with Crippen molar-refractivity contribution in [2.24, 2.45) is 0 Å². The fourth-order valence-electron chi connectivity index (χ4n) is 0. The Bertz CT molecular complexity index is 12.9. The molecule has 55 valence electrons. The van der Waals surface area contributed by atoms with Crippen molar-refractivity contribution in [2.75, 3.05) is 6.26 Å². The second-order valence-corrected chi connectivity index (χ2v) is 0. The molecule has 0 aliphatic carbocycles. The Labute approximate surface area is 79.9 Å². The Morgan fingerprint density at radius 2 is 1.14 bits per heavy atom. The Morgan fingerprint density at radius 1 is 1.14 bits per heavy atom.